The molecule has 112 valence electrons. The Balaban J connectivity index is 3.86. The number of carbonyl (C=O) groups excluding carboxylic acids is 2. The molecule has 0 aliphatic heterocycles. The van der Waals surface area contributed by atoms with Crippen molar-refractivity contribution in [1.29, 1.82) is 0 Å². The van der Waals surface area contributed by atoms with Gasteiger partial charge in [-0.15, -0.1) is 0 Å². The number of unbranched alkanes of at least 4 members (excludes halogenated alkanes) is 4. The summed E-state index contributed by atoms with van der Waals surface area (Å²) in [5.74, 6) is -0.552. The van der Waals surface area contributed by atoms with Gasteiger partial charge in [-0.3, -0.25) is 9.59 Å². The van der Waals surface area contributed by atoms with Gasteiger partial charge in [0, 0.05) is 19.3 Å². The molecule has 0 amide bonds. The van der Waals surface area contributed by atoms with Crippen molar-refractivity contribution in [2.45, 2.75) is 84.8 Å². The summed E-state index contributed by atoms with van der Waals surface area (Å²) in [5, 5.41) is 0. The molecule has 0 rings (SSSR count). The molecule has 0 radical (unpaired) electrons. The van der Waals surface area contributed by atoms with Crippen molar-refractivity contribution in [3.8, 4) is 0 Å². The molecule has 0 unspecified atom stereocenters. The topological polar surface area (TPSA) is 52.6 Å². The number of ether oxygens (including phenoxy) is 2. The SMILES string of the molecule is CCCCCC(=O)OC(CC)OC(=O)CCCCC. The number of hydrogen-bond acceptors (Lipinski definition) is 4. The van der Waals surface area contributed by atoms with Crippen LogP contribution in [0.3, 0.4) is 0 Å². The van der Waals surface area contributed by atoms with E-state index >= 15 is 0 Å². The van der Waals surface area contributed by atoms with Crippen LogP contribution in [-0.2, 0) is 19.1 Å². The fourth-order valence-electron chi connectivity index (χ4n) is 1.64. The quantitative estimate of drug-likeness (QED) is 0.324. The second kappa shape index (κ2) is 12.0. The van der Waals surface area contributed by atoms with E-state index in [1.165, 1.54) is 0 Å². The van der Waals surface area contributed by atoms with Crippen LogP contribution in [0, 0.1) is 0 Å². The number of hydrogen-bond donors (Lipinski definition) is 0. The summed E-state index contributed by atoms with van der Waals surface area (Å²) in [7, 11) is 0. The Bertz CT molecular complexity index is 227. The molecule has 0 spiro atoms. The predicted octanol–water partition coefficient (Wildman–Crippen LogP) is 3.97. The largest absolute Gasteiger partial charge is 0.425 e. The first-order valence-corrected chi connectivity index (χ1v) is 7.52. The van der Waals surface area contributed by atoms with Crippen molar-refractivity contribution in [3.05, 3.63) is 0 Å². The van der Waals surface area contributed by atoms with E-state index in [2.05, 4.69) is 13.8 Å². The Kier molecular flexibility index (Phi) is 11.3. The predicted molar refractivity (Wildman–Crippen MR) is 74.5 cm³/mol. The number of carbonyl (C=O) groups is 2. The average molecular weight is 272 g/mol. The molecule has 0 saturated carbocycles. The standard InChI is InChI=1S/C15H28O4/c1-4-7-9-11-13(16)18-15(6-3)19-14(17)12-10-8-5-2/h15H,4-12H2,1-3H3. The lowest BCUT2D eigenvalue weighted by Crippen LogP contribution is -2.23. The highest BCUT2D eigenvalue weighted by atomic mass is 16.7. The van der Waals surface area contributed by atoms with Crippen LogP contribution in [0.25, 0.3) is 0 Å². The van der Waals surface area contributed by atoms with E-state index in [0.717, 1.165) is 38.5 Å². The number of rotatable bonds is 11. The van der Waals surface area contributed by atoms with Crippen LogP contribution < -0.4 is 0 Å². The van der Waals surface area contributed by atoms with Crippen LogP contribution in [-0.4, -0.2) is 18.2 Å². The zero-order chi connectivity index (χ0) is 14.5. The van der Waals surface area contributed by atoms with Crippen LogP contribution >= 0.6 is 0 Å². The summed E-state index contributed by atoms with van der Waals surface area (Å²) in [4.78, 5) is 23.0. The third-order valence-corrected chi connectivity index (χ3v) is 2.83. The van der Waals surface area contributed by atoms with E-state index in [-0.39, 0.29) is 11.9 Å². The summed E-state index contributed by atoms with van der Waals surface area (Å²) in [6, 6.07) is 0. The highest BCUT2D eigenvalue weighted by Crippen LogP contribution is 2.09. The lowest BCUT2D eigenvalue weighted by molar-refractivity contribution is -0.188. The molecule has 0 bridgehead atoms. The smallest absolute Gasteiger partial charge is 0.308 e. The molecule has 0 fully saturated rings. The third-order valence-electron chi connectivity index (χ3n) is 2.83. The molecule has 0 saturated heterocycles. The Labute approximate surface area is 116 Å². The maximum absolute atomic E-state index is 11.5. The van der Waals surface area contributed by atoms with Crippen molar-refractivity contribution in [2.24, 2.45) is 0 Å². The van der Waals surface area contributed by atoms with Crippen molar-refractivity contribution in [1.82, 2.24) is 0 Å². The molecule has 4 nitrogen and oxygen atoms in total. The van der Waals surface area contributed by atoms with Gasteiger partial charge in [0.05, 0.1) is 0 Å². The van der Waals surface area contributed by atoms with Crippen LogP contribution in [0.2, 0.25) is 0 Å². The van der Waals surface area contributed by atoms with Crippen LogP contribution in [0.5, 0.6) is 0 Å². The molecule has 0 aromatic carbocycles. The first-order chi connectivity index (χ1) is 9.13. The van der Waals surface area contributed by atoms with E-state index in [1.807, 2.05) is 6.92 Å². The highest BCUT2D eigenvalue weighted by molar-refractivity contribution is 5.71. The molecule has 19 heavy (non-hydrogen) atoms. The minimum Gasteiger partial charge on any atom is -0.425 e. The Hall–Kier alpha value is -1.06. The van der Waals surface area contributed by atoms with Crippen molar-refractivity contribution in [2.75, 3.05) is 0 Å². The average Bonchev–Trinajstić information content (AvgIpc) is 2.38. The maximum atomic E-state index is 11.5. The van der Waals surface area contributed by atoms with Gasteiger partial charge < -0.3 is 9.47 Å². The monoisotopic (exact) mass is 272 g/mol. The normalized spacial score (nSPS) is 10.5. The van der Waals surface area contributed by atoms with Gasteiger partial charge in [0.15, 0.2) is 0 Å². The highest BCUT2D eigenvalue weighted by Gasteiger charge is 2.16. The Morgan fingerprint density at radius 1 is 0.789 bits per heavy atom. The lowest BCUT2D eigenvalue weighted by Gasteiger charge is -2.16. The van der Waals surface area contributed by atoms with Gasteiger partial charge in [-0.25, -0.2) is 0 Å². The minimum atomic E-state index is -0.719. The Morgan fingerprint density at radius 3 is 1.53 bits per heavy atom. The Morgan fingerprint density at radius 2 is 1.21 bits per heavy atom. The minimum absolute atomic E-state index is 0.276. The second-order valence-electron chi connectivity index (χ2n) is 4.73. The van der Waals surface area contributed by atoms with E-state index in [4.69, 9.17) is 9.47 Å². The third kappa shape index (κ3) is 10.5. The van der Waals surface area contributed by atoms with Gasteiger partial charge in [0.2, 0.25) is 6.29 Å². The van der Waals surface area contributed by atoms with Crippen LogP contribution in [0.15, 0.2) is 0 Å². The molecule has 0 aliphatic carbocycles. The van der Waals surface area contributed by atoms with E-state index in [9.17, 15) is 9.59 Å². The van der Waals surface area contributed by atoms with Crippen LogP contribution in [0.4, 0.5) is 0 Å². The zero-order valence-electron chi connectivity index (χ0n) is 12.6. The van der Waals surface area contributed by atoms with Crippen LogP contribution in [0.1, 0.15) is 78.6 Å². The first kappa shape index (κ1) is 17.9. The summed E-state index contributed by atoms with van der Waals surface area (Å²) in [6.45, 7) is 6.00. The molecule has 0 atom stereocenters. The fraction of sp³-hybridized carbons (Fsp3) is 0.867. The molecule has 0 heterocycles. The van der Waals surface area contributed by atoms with Crippen molar-refractivity contribution < 1.29 is 19.1 Å². The molecule has 4 heteroatoms. The molecule has 0 aliphatic rings. The molecule has 0 N–H and O–H groups in total. The summed E-state index contributed by atoms with van der Waals surface area (Å²) < 4.78 is 10.3. The van der Waals surface area contributed by atoms with Crippen molar-refractivity contribution in [3.63, 3.8) is 0 Å². The lowest BCUT2D eigenvalue weighted by atomic mass is 10.2. The summed E-state index contributed by atoms with van der Waals surface area (Å²) in [5.41, 5.74) is 0. The zero-order valence-corrected chi connectivity index (χ0v) is 12.6. The van der Waals surface area contributed by atoms with Gasteiger partial charge in [-0.2, -0.15) is 0 Å². The molecular weight excluding hydrogens is 244 g/mol. The summed E-state index contributed by atoms with van der Waals surface area (Å²) >= 11 is 0. The van der Waals surface area contributed by atoms with Gasteiger partial charge in [0.1, 0.15) is 0 Å². The van der Waals surface area contributed by atoms with Gasteiger partial charge in [0.25, 0.3) is 0 Å². The second-order valence-corrected chi connectivity index (χ2v) is 4.73. The van der Waals surface area contributed by atoms with E-state index in [0.29, 0.717) is 19.3 Å². The van der Waals surface area contributed by atoms with Crippen molar-refractivity contribution >= 4 is 11.9 Å². The van der Waals surface area contributed by atoms with Gasteiger partial charge in [-0.05, 0) is 12.8 Å². The van der Waals surface area contributed by atoms with Gasteiger partial charge in [-0.1, -0.05) is 46.5 Å². The van der Waals surface area contributed by atoms with E-state index < -0.39 is 6.29 Å². The summed E-state index contributed by atoms with van der Waals surface area (Å²) in [6.07, 6.45) is 6.41. The number of esters is 2. The fourth-order valence-corrected chi connectivity index (χ4v) is 1.64. The van der Waals surface area contributed by atoms with Gasteiger partial charge >= 0.3 is 11.9 Å². The molecular formula is C15H28O4. The molecule has 0 aromatic rings. The maximum Gasteiger partial charge on any atom is 0.308 e. The first-order valence-electron chi connectivity index (χ1n) is 7.52. The van der Waals surface area contributed by atoms with E-state index in [1.54, 1.807) is 0 Å². The molecule has 0 aromatic heterocycles.